The number of aromatic nitrogens is 4. The Morgan fingerprint density at radius 1 is 1.09 bits per heavy atom. The van der Waals surface area contributed by atoms with E-state index in [0.717, 1.165) is 28.8 Å². The molecule has 3 aromatic rings. The Bertz CT molecular complexity index is 788. The Morgan fingerprint density at radius 2 is 1.87 bits per heavy atom. The van der Waals surface area contributed by atoms with Gasteiger partial charge in [-0.2, -0.15) is 5.10 Å². The maximum absolute atomic E-state index is 5.79. The predicted molar refractivity (Wildman–Crippen MR) is 90.8 cm³/mol. The minimum Gasteiger partial charge on any atom is -0.330 e. The zero-order chi connectivity index (χ0) is 15.6. The molecule has 0 unspecified atom stereocenters. The van der Waals surface area contributed by atoms with Crippen LogP contribution in [-0.2, 0) is 0 Å². The zero-order valence-electron chi connectivity index (χ0n) is 13.1. The number of benzene rings is 1. The van der Waals surface area contributed by atoms with E-state index in [1.165, 1.54) is 25.7 Å². The van der Waals surface area contributed by atoms with Crippen LogP contribution >= 0.6 is 0 Å². The molecule has 1 fully saturated rings. The van der Waals surface area contributed by atoms with Crippen LogP contribution in [0.5, 0.6) is 0 Å². The fourth-order valence-electron chi connectivity index (χ4n) is 3.46. The van der Waals surface area contributed by atoms with Crippen LogP contribution in [0, 0.1) is 5.92 Å². The third kappa shape index (κ3) is 2.84. The van der Waals surface area contributed by atoms with Crippen molar-refractivity contribution >= 4 is 10.9 Å². The zero-order valence-corrected chi connectivity index (χ0v) is 13.1. The molecule has 0 spiro atoms. The first-order valence-corrected chi connectivity index (χ1v) is 8.30. The van der Waals surface area contributed by atoms with Crippen LogP contribution in [-0.4, -0.2) is 26.3 Å². The SMILES string of the molecule is NCC1CCC(n2cc3cc(-c4ncccn4)ccc3n2)CC1. The van der Waals surface area contributed by atoms with Crippen LogP contribution in [0.15, 0.2) is 42.9 Å². The molecule has 5 heteroatoms. The van der Waals surface area contributed by atoms with Gasteiger partial charge in [0.25, 0.3) is 0 Å². The highest BCUT2D eigenvalue weighted by atomic mass is 15.3. The Morgan fingerprint density at radius 3 is 2.61 bits per heavy atom. The van der Waals surface area contributed by atoms with Gasteiger partial charge in [-0.1, -0.05) is 0 Å². The summed E-state index contributed by atoms with van der Waals surface area (Å²) in [6.45, 7) is 0.814. The van der Waals surface area contributed by atoms with Gasteiger partial charge in [0.2, 0.25) is 0 Å². The standard InChI is InChI=1S/C18H21N5/c19-11-13-2-5-16(6-3-13)23-12-15-10-14(4-7-17(15)22-23)18-20-8-1-9-21-18/h1,4,7-10,12-13,16H,2-3,5-6,11,19H2. The van der Waals surface area contributed by atoms with Crippen LogP contribution in [0.1, 0.15) is 31.7 Å². The van der Waals surface area contributed by atoms with Crippen molar-refractivity contribution in [3.63, 3.8) is 0 Å². The lowest BCUT2D eigenvalue weighted by Gasteiger charge is -2.27. The van der Waals surface area contributed by atoms with E-state index in [1.807, 2.05) is 12.1 Å². The van der Waals surface area contributed by atoms with Gasteiger partial charge in [-0.05, 0) is 62.4 Å². The van der Waals surface area contributed by atoms with E-state index in [2.05, 4.69) is 33.0 Å². The molecule has 1 saturated carbocycles. The van der Waals surface area contributed by atoms with Crippen molar-refractivity contribution in [3.8, 4) is 11.4 Å². The van der Waals surface area contributed by atoms with Crippen LogP contribution < -0.4 is 5.73 Å². The van der Waals surface area contributed by atoms with Gasteiger partial charge in [0.1, 0.15) is 0 Å². The molecule has 5 nitrogen and oxygen atoms in total. The van der Waals surface area contributed by atoms with Gasteiger partial charge in [-0.15, -0.1) is 0 Å². The van der Waals surface area contributed by atoms with Gasteiger partial charge in [0.05, 0.1) is 11.6 Å². The first-order valence-electron chi connectivity index (χ1n) is 8.30. The molecule has 1 aromatic carbocycles. The summed E-state index contributed by atoms with van der Waals surface area (Å²) >= 11 is 0. The number of nitrogens with two attached hydrogens (primary N) is 1. The largest absolute Gasteiger partial charge is 0.330 e. The molecule has 0 amide bonds. The molecule has 1 aliphatic carbocycles. The second-order valence-corrected chi connectivity index (χ2v) is 6.37. The van der Waals surface area contributed by atoms with Crippen molar-refractivity contribution < 1.29 is 0 Å². The predicted octanol–water partition coefficient (Wildman–Crippen LogP) is 3.18. The molecular weight excluding hydrogens is 286 g/mol. The molecule has 0 aliphatic heterocycles. The van der Waals surface area contributed by atoms with Crippen LogP contribution in [0.3, 0.4) is 0 Å². The molecule has 0 bridgehead atoms. The molecular formula is C18H21N5. The van der Waals surface area contributed by atoms with E-state index in [-0.39, 0.29) is 0 Å². The lowest BCUT2D eigenvalue weighted by Crippen LogP contribution is -2.23. The molecule has 0 atom stereocenters. The topological polar surface area (TPSA) is 69.6 Å². The second kappa shape index (κ2) is 6.08. The van der Waals surface area contributed by atoms with E-state index in [1.54, 1.807) is 12.4 Å². The fraction of sp³-hybridized carbons (Fsp3) is 0.389. The Kier molecular flexibility index (Phi) is 3.79. The summed E-state index contributed by atoms with van der Waals surface area (Å²) in [7, 11) is 0. The third-order valence-corrected chi connectivity index (χ3v) is 4.87. The number of hydrogen-bond donors (Lipinski definition) is 1. The highest BCUT2D eigenvalue weighted by molar-refractivity contribution is 5.82. The summed E-state index contributed by atoms with van der Waals surface area (Å²) < 4.78 is 2.15. The smallest absolute Gasteiger partial charge is 0.159 e. The Balaban J connectivity index is 1.61. The first kappa shape index (κ1) is 14.3. The summed E-state index contributed by atoms with van der Waals surface area (Å²) in [5.41, 5.74) is 7.85. The molecule has 2 heterocycles. The van der Waals surface area contributed by atoms with E-state index in [4.69, 9.17) is 10.8 Å². The van der Waals surface area contributed by atoms with Gasteiger partial charge < -0.3 is 5.73 Å². The van der Waals surface area contributed by atoms with Crippen molar-refractivity contribution in [1.82, 2.24) is 19.7 Å². The maximum atomic E-state index is 5.79. The van der Waals surface area contributed by atoms with Crippen LogP contribution in [0.25, 0.3) is 22.3 Å². The minimum absolute atomic E-state index is 0.502. The summed E-state index contributed by atoms with van der Waals surface area (Å²) in [4.78, 5) is 8.64. The number of nitrogens with zero attached hydrogens (tertiary/aromatic N) is 4. The van der Waals surface area contributed by atoms with Crippen LogP contribution in [0.4, 0.5) is 0 Å². The summed E-state index contributed by atoms with van der Waals surface area (Å²) in [6.07, 6.45) is 10.5. The molecule has 2 aromatic heterocycles. The molecule has 1 aliphatic rings. The van der Waals surface area contributed by atoms with E-state index in [0.29, 0.717) is 12.0 Å². The molecule has 2 N–H and O–H groups in total. The summed E-state index contributed by atoms with van der Waals surface area (Å²) in [6, 6.07) is 8.56. The monoisotopic (exact) mass is 307 g/mol. The molecule has 118 valence electrons. The van der Waals surface area contributed by atoms with E-state index >= 15 is 0 Å². The third-order valence-electron chi connectivity index (χ3n) is 4.87. The number of rotatable bonds is 3. The number of hydrogen-bond acceptors (Lipinski definition) is 4. The maximum Gasteiger partial charge on any atom is 0.159 e. The average molecular weight is 307 g/mol. The first-order chi connectivity index (χ1) is 11.3. The normalized spacial score (nSPS) is 21.6. The van der Waals surface area contributed by atoms with Gasteiger partial charge >= 0.3 is 0 Å². The van der Waals surface area contributed by atoms with Crippen LogP contribution in [0.2, 0.25) is 0 Å². The van der Waals surface area contributed by atoms with Crippen molar-refractivity contribution in [1.29, 1.82) is 0 Å². The van der Waals surface area contributed by atoms with Gasteiger partial charge in [-0.25, -0.2) is 9.97 Å². The highest BCUT2D eigenvalue weighted by Crippen LogP contribution is 2.32. The van der Waals surface area contributed by atoms with Gasteiger partial charge in [0.15, 0.2) is 5.82 Å². The van der Waals surface area contributed by atoms with Crippen molar-refractivity contribution in [2.75, 3.05) is 6.54 Å². The molecule has 0 saturated heterocycles. The summed E-state index contributed by atoms with van der Waals surface area (Å²) in [5, 5.41) is 5.92. The average Bonchev–Trinajstić information content (AvgIpc) is 3.06. The van der Waals surface area contributed by atoms with E-state index in [9.17, 15) is 0 Å². The quantitative estimate of drug-likeness (QED) is 0.807. The summed E-state index contributed by atoms with van der Waals surface area (Å²) in [5.74, 6) is 1.45. The Labute approximate surface area is 135 Å². The Hall–Kier alpha value is -2.27. The lowest BCUT2D eigenvalue weighted by molar-refractivity contribution is 0.266. The highest BCUT2D eigenvalue weighted by Gasteiger charge is 2.22. The van der Waals surface area contributed by atoms with E-state index < -0.39 is 0 Å². The van der Waals surface area contributed by atoms with Gasteiger partial charge in [-0.3, -0.25) is 4.68 Å². The van der Waals surface area contributed by atoms with Gasteiger partial charge in [0, 0.05) is 29.5 Å². The number of fused-ring (bicyclic) bond motifs is 1. The molecule has 0 radical (unpaired) electrons. The van der Waals surface area contributed by atoms with Crippen molar-refractivity contribution in [2.24, 2.45) is 11.7 Å². The fourth-order valence-corrected chi connectivity index (χ4v) is 3.46. The van der Waals surface area contributed by atoms with Crippen molar-refractivity contribution in [2.45, 2.75) is 31.7 Å². The molecule has 4 rings (SSSR count). The molecule has 23 heavy (non-hydrogen) atoms. The van der Waals surface area contributed by atoms with Crippen molar-refractivity contribution in [3.05, 3.63) is 42.9 Å². The minimum atomic E-state index is 0.502. The second-order valence-electron chi connectivity index (χ2n) is 6.37. The lowest BCUT2D eigenvalue weighted by atomic mass is 9.86.